The molecule has 0 saturated carbocycles. The zero-order valence-corrected chi connectivity index (χ0v) is 23.4. The van der Waals surface area contributed by atoms with Crippen molar-refractivity contribution in [3.8, 4) is 5.69 Å². The fraction of sp³-hybridized carbons (Fsp3) is 0. The Labute approximate surface area is 242 Å². The third kappa shape index (κ3) is 2.39. The molecule has 40 heavy (non-hydrogen) atoms. The molecule has 3 nitrogen and oxygen atoms in total. The molecular formula is C36H20IN3. The van der Waals surface area contributed by atoms with Crippen molar-refractivity contribution in [3.63, 3.8) is 0 Å². The summed E-state index contributed by atoms with van der Waals surface area (Å²) in [5, 5.41) is 10.4. The van der Waals surface area contributed by atoms with Crippen molar-refractivity contribution < 1.29 is 0 Å². The van der Waals surface area contributed by atoms with E-state index in [1.54, 1.807) is 0 Å². The van der Waals surface area contributed by atoms with Gasteiger partial charge in [-0.3, -0.25) is 2.78 Å². The second kappa shape index (κ2) is 7.34. The number of aromatic nitrogens is 3. The van der Waals surface area contributed by atoms with Crippen LogP contribution in [0.2, 0.25) is 0 Å². The summed E-state index contributed by atoms with van der Waals surface area (Å²) in [5.74, 6) is 0. The summed E-state index contributed by atoms with van der Waals surface area (Å²) in [6.07, 6.45) is 0. The molecule has 0 N–H and O–H groups in total. The van der Waals surface area contributed by atoms with E-state index in [-0.39, 0.29) is 0 Å². The van der Waals surface area contributed by atoms with Crippen LogP contribution < -0.4 is 0 Å². The average Bonchev–Trinajstić information content (AvgIpc) is 3.60. The maximum absolute atomic E-state index is 2.53. The summed E-state index contributed by atoms with van der Waals surface area (Å²) in [5.41, 5.74) is 9.96. The first-order valence-electron chi connectivity index (χ1n) is 13.6. The van der Waals surface area contributed by atoms with Crippen LogP contribution in [0.15, 0.2) is 121 Å². The lowest BCUT2D eigenvalue weighted by Crippen LogP contribution is -1.95. The van der Waals surface area contributed by atoms with E-state index in [0.717, 1.165) is 0 Å². The standard InChI is InChI=1S/C36H20IN3/c37-40-30-19-9-14-24-26-16-8-15-25-22-12-4-7-18-29(22)39(34(25)26)31-20-27-23-13-5-6-17-28(23)38(21-10-2-1-3-11-21)35(27)36(40)33(31)32(24)30/h1-20H. The normalized spacial score (nSPS) is 12.6. The van der Waals surface area contributed by atoms with Gasteiger partial charge in [-0.15, -0.1) is 0 Å². The van der Waals surface area contributed by atoms with Crippen LogP contribution in [-0.2, 0) is 0 Å². The van der Waals surface area contributed by atoms with Gasteiger partial charge in [-0.1, -0.05) is 84.9 Å². The van der Waals surface area contributed by atoms with Gasteiger partial charge < -0.3 is 8.97 Å². The molecule has 4 heteroatoms. The Bertz CT molecular complexity index is 2650. The number of benzene rings is 6. The predicted molar refractivity (Wildman–Crippen MR) is 178 cm³/mol. The van der Waals surface area contributed by atoms with E-state index >= 15 is 0 Å². The Morgan fingerprint density at radius 3 is 1.82 bits per heavy atom. The van der Waals surface area contributed by atoms with Crippen LogP contribution in [0, 0.1) is 0 Å². The van der Waals surface area contributed by atoms with Crippen LogP contribution in [0.25, 0.3) is 87.4 Å². The number of hydrogen-bond acceptors (Lipinski definition) is 0. The molecule has 0 amide bonds. The molecule has 4 aromatic heterocycles. The molecule has 0 unspecified atom stereocenters. The van der Waals surface area contributed by atoms with E-state index in [0.29, 0.717) is 0 Å². The minimum Gasteiger partial charge on any atom is -0.308 e. The van der Waals surface area contributed by atoms with E-state index in [9.17, 15) is 0 Å². The van der Waals surface area contributed by atoms with Gasteiger partial charge in [-0.25, -0.2) is 0 Å². The summed E-state index contributed by atoms with van der Waals surface area (Å²) >= 11 is 2.53. The minimum absolute atomic E-state index is 1.18. The molecule has 0 saturated heterocycles. The van der Waals surface area contributed by atoms with Gasteiger partial charge in [0.1, 0.15) is 0 Å². The zero-order chi connectivity index (χ0) is 26.1. The lowest BCUT2D eigenvalue weighted by Gasteiger charge is -2.10. The fourth-order valence-corrected chi connectivity index (χ4v) is 8.22. The van der Waals surface area contributed by atoms with Gasteiger partial charge in [0.05, 0.1) is 61.5 Å². The third-order valence-corrected chi connectivity index (χ3v) is 9.85. The molecule has 0 aliphatic rings. The Hall–Kier alpha value is -4.55. The Morgan fingerprint density at radius 1 is 0.400 bits per heavy atom. The van der Waals surface area contributed by atoms with Crippen LogP contribution >= 0.6 is 22.9 Å². The molecule has 6 aromatic carbocycles. The smallest absolute Gasteiger partial charge is 0.0858 e. The molecule has 0 radical (unpaired) electrons. The van der Waals surface area contributed by atoms with E-state index in [1.807, 2.05) is 0 Å². The maximum atomic E-state index is 2.53. The van der Waals surface area contributed by atoms with Gasteiger partial charge in [-0.2, -0.15) is 0 Å². The van der Waals surface area contributed by atoms with Gasteiger partial charge in [0.15, 0.2) is 0 Å². The largest absolute Gasteiger partial charge is 0.308 e. The first-order chi connectivity index (χ1) is 19.8. The lowest BCUT2D eigenvalue weighted by atomic mass is 10.0. The Kier molecular flexibility index (Phi) is 3.91. The van der Waals surface area contributed by atoms with Crippen molar-refractivity contribution in [2.75, 3.05) is 0 Å². The van der Waals surface area contributed by atoms with Crippen LogP contribution in [-0.4, -0.2) is 11.7 Å². The Morgan fingerprint density at radius 2 is 1.00 bits per heavy atom. The van der Waals surface area contributed by atoms with Crippen molar-refractivity contribution >= 4 is 105 Å². The summed E-state index contributed by atoms with van der Waals surface area (Å²) in [4.78, 5) is 0. The summed E-state index contributed by atoms with van der Waals surface area (Å²) < 4.78 is 7.39. The first kappa shape index (κ1) is 21.3. The quantitative estimate of drug-likeness (QED) is 0.162. The summed E-state index contributed by atoms with van der Waals surface area (Å²) in [7, 11) is 0. The first-order valence-corrected chi connectivity index (χ1v) is 14.6. The minimum atomic E-state index is 1.18. The molecule has 186 valence electrons. The fourth-order valence-electron chi connectivity index (χ4n) is 7.35. The SMILES string of the molecule is In1c2cccc3c4cccc5c6ccccc6n(c6cc7c8ccccc8n(-c8ccccc8)c7c1c6c32)c45. The topological polar surface area (TPSA) is 14.3 Å². The highest BCUT2D eigenvalue weighted by Crippen LogP contribution is 2.47. The molecular weight excluding hydrogens is 601 g/mol. The molecule has 0 atom stereocenters. The predicted octanol–water partition coefficient (Wildman–Crippen LogP) is 10.2. The molecule has 4 heterocycles. The number of fused-ring (bicyclic) bond motifs is 9. The van der Waals surface area contributed by atoms with Gasteiger partial charge in [0.25, 0.3) is 0 Å². The number of halogens is 1. The van der Waals surface area contributed by atoms with E-state index in [1.165, 1.54) is 87.4 Å². The zero-order valence-electron chi connectivity index (χ0n) is 21.3. The van der Waals surface area contributed by atoms with E-state index < -0.39 is 0 Å². The van der Waals surface area contributed by atoms with Crippen LogP contribution in [0.3, 0.4) is 0 Å². The average molecular weight is 621 g/mol. The van der Waals surface area contributed by atoms with Crippen LogP contribution in [0.4, 0.5) is 0 Å². The summed E-state index contributed by atoms with van der Waals surface area (Å²) in [6.45, 7) is 0. The van der Waals surface area contributed by atoms with Crippen molar-refractivity contribution in [3.05, 3.63) is 121 Å². The molecule has 0 aliphatic carbocycles. The number of nitrogens with zero attached hydrogens (tertiary/aromatic N) is 3. The Balaban J connectivity index is 1.64. The monoisotopic (exact) mass is 621 g/mol. The molecule has 10 aromatic rings. The highest BCUT2D eigenvalue weighted by molar-refractivity contribution is 14.1. The highest BCUT2D eigenvalue weighted by atomic mass is 127. The number of para-hydroxylation sites is 4. The molecule has 0 bridgehead atoms. The third-order valence-electron chi connectivity index (χ3n) is 8.85. The maximum Gasteiger partial charge on any atom is 0.0858 e. The van der Waals surface area contributed by atoms with Gasteiger partial charge in [0, 0.05) is 43.4 Å². The molecule has 0 fully saturated rings. The molecule has 0 aliphatic heterocycles. The van der Waals surface area contributed by atoms with E-state index in [2.05, 4.69) is 156 Å². The second-order valence-corrected chi connectivity index (χ2v) is 11.7. The van der Waals surface area contributed by atoms with Crippen molar-refractivity contribution in [1.82, 2.24) is 11.7 Å². The molecule has 10 rings (SSSR count). The molecule has 0 spiro atoms. The number of rotatable bonds is 1. The number of hydrogen-bond donors (Lipinski definition) is 0. The van der Waals surface area contributed by atoms with Gasteiger partial charge in [0.2, 0.25) is 0 Å². The van der Waals surface area contributed by atoms with Crippen molar-refractivity contribution in [1.29, 1.82) is 0 Å². The lowest BCUT2D eigenvalue weighted by molar-refractivity contribution is 1.18. The van der Waals surface area contributed by atoms with Crippen LogP contribution in [0.1, 0.15) is 0 Å². The summed E-state index contributed by atoms with van der Waals surface area (Å²) in [6, 6.07) is 44.5. The highest BCUT2D eigenvalue weighted by Gasteiger charge is 2.25. The van der Waals surface area contributed by atoms with Gasteiger partial charge in [-0.05, 0) is 41.8 Å². The van der Waals surface area contributed by atoms with Gasteiger partial charge >= 0.3 is 0 Å². The van der Waals surface area contributed by atoms with E-state index in [4.69, 9.17) is 0 Å². The van der Waals surface area contributed by atoms with Crippen molar-refractivity contribution in [2.24, 2.45) is 0 Å². The van der Waals surface area contributed by atoms with Crippen LogP contribution in [0.5, 0.6) is 0 Å². The van der Waals surface area contributed by atoms with Crippen molar-refractivity contribution in [2.45, 2.75) is 0 Å². The second-order valence-electron chi connectivity index (χ2n) is 10.7.